The van der Waals surface area contributed by atoms with Crippen LogP contribution in [0.25, 0.3) is 0 Å². The second kappa shape index (κ2) is 12.4. The molecule has 2 aromatic carbocycles. The fourth-order valence-corrected chi connectivity index (χ4v) is 4.93. The Hall–Kier alpha value is -3.08. The molecule has 3 amide bonds. The molecule has 1 fully saturated rings. The summed E-state index contributed by atoms with van der Waals surface area (Å²) in [6.07, 6.45) is 0. The lowest BCUT2D eigenvalue weighted by Gasteiger charge is -2.40. The molecule has 2 heterocycles. The van der Waals surface area contributed by atoms with Crippen LogP contribution in [0.4, 0.5) is 20.7 Å². The van der Waals surface area contributed by atoms with E-state index in [0.29, 0.717) is 47.9 Å². The standard InChI is InChI=1S/C25H25Cl2FN6O2S/c1-16-14-33(9-10-34(16)25(36)30-20-4-2-3-18(26)11-20)22-12-21(27)31-24(32-22)37-15-23(35)29-13-17-5-7-19(28)8-6-17/h2-8,11-12,16H,9-10,13-15H2,1H3,(H,29,35)(H,30,36). The molecular weight excluding hydrogens is 538 g/mol. The first kappa shape index (κ1) is 27.0. The number of rotatable bonds is 7. The fraction of sp³-hybridized carbons (Fsp3) is 0.280. The number of thioether (sulfide) groups is 1. The zero-order valence-electron chi connectivity index (χ0n) is 20.0. The number of urea groups is 1. The maximum Gasteiger partial charge on any atom is 0.322 e. The molecule has 2 N–H and O–H groups in total. The van der Waals surface area contributed by atoms with Gasteiger partial charge in [0, 0.05) is 49.0 Å². The van der Waals surface area contributed by atoms with Gasteiger partial charge in [0.25, 0.3) is 0 Å². The Morgan fingerprint density at radius 1 is 1.11 bits per heavy atom. The zero-order chi connectivity index (χ0) is 26.4. The van der Waals surface area contributed by atoms with Gasteiger partial charge in [-0.25, -0.2) is 19.2 Å². The number of anilines is 2. The molecule has 0 bridgehead atoms. The van der Waals surface area contributed by atoms with Crippen LogP contribution in [0, 0.1) is 5.82 Å². The number of hydrogen-bond donors (Lipinski definition) is 2. The van der Waals surface area contributed by atoms with Gasteiger partial charge in [0.05, 0.1) is 5.75 Å². The van der Waals surface area contributed by atoms with E-state index in [4.69, 9.17) is 23.2 Å². The number of benzene rings is 2. The number of nitrogens with zero attached hydrogens (tertiary/aromatic N) is 4. The zero-order valence-corrected chi connectivity index (χ0v) is 22.3. The van der Waals surface area contributed by atoms with E-state index in [0.717, 1.165) is 5.56 Å². The van der Waals surface area contributed by atoms with Gasteiger partial charge in [-0.05, 0) is 42.8 Å². The largest absolute Gasteiger partial charge is 0.353 e. The first-order valence-corrected chi connectivity index (χ1v) is 13.3. The van der Waals surface area contributed by atoms with Gasteiger partial charge in [-0.15, -0.1) is 0 Å². The minimum Gasteiger partial charge on any atom is -0.353 e. The van der Waals surface area contributed by atoms with Crippen molar-refractivity contribution < 1.29 is 14.0 Å². The summed E-state index contributed by atoms with van der Waals surface area (Å²) in [5.74, 6) is 0.217. The SMILES string of the molecule is CC1CN(c2cc(Cl)nc(SCC(=O)NCc3ccc(F)cc3)n2)CCN1C(=O)Nc1cccc(Cl)c1. The van der Waals surface area contributed by atoms with E-state index in [2.05, 4.69) is 20.6 Å². The molecule has 12 heteroatoms. The third-order valence-corrected chi connectivity index (χ3v) is 6.96. The summed E-state index contributed by atoms with van der Waals surface area (Å²) in [6, 6.07) is 14.4. The van der Waals surface area contributed by atoms with Crippen molar-refractivity contribution >= 4 is 58.4 Å². The van der Waals surface area contributed by atoms with Gasteiger partial charge in [-0.3, -0.25) is 4.79 Å². The summed E-state index contributed by atoms with van der Waals surface area (Å²) >= 11 is 13.4. The lowest BCUT2D eigenvalue weighted by Crippen LogP contribution is -2.55. The van der Waals surface area contributed by atoms with Crippen LogP contribution in [0.5, 0.6) is 0 Å². The van der Waals surface area contributed by atoms with Crippen molar-refractivity contribution in [3.63, 3.8) is 0 Å². The lowest BCUT2D eigenvalue weighted by molar-refractivity contribution is -0.118. The second-order valence-corrected chi connectivity index (χ2v) is 10.2. The highest BCUT2D eigenvalue weighted by Crippen LogP contribution is 2.24. The molecule has 0 aliphatic carbocycles. The Morgan fingerprint density at radius 2 is 1.89 bits per heavy atom. The fourth-order valence-electron chi connectivity index (χ4n) is 3.82. The van der Waals surface area contributed by atoms with E-state index in [1.165, 1.54) is 23.9 Å². The van der Waals surface area contributed by atoms with Crippen LogP contribution in [0.3, 0.4) is 0 Å². The van der Waals surface area contributed by atoms with Gasteiger partial charge >= 0.3 is 6.03 Å². The van der Waals surface area contributed by atoms with Crippen LogP contribution in [0.15, 0.2) is 59.8 Å². The maximum atomic E-state index is 13.0. The minimum absolute atomic E-state index is 0.0879. The second-order valence-electron chi connectivity index (χ2n) is 8.45. The highest BCUT2D eigenvalue weighted by Gasteiger charge is 2.28. The monoisotopic (exact) mass is 562 g/mol. The summed E-state index contributed by atoms with van der Waals surface area (Å²) in [6.45, 7) is 3.87. The quantitative estimate of drug-likeness (QED) is 0.237. The van der Waals surface area contributed by atoms with Crippen molar-refractivity contribution in [2.45, 2.75) is 24.7 Å². The van der Waals surface area contributed by atoms with Crippen LogP contribution < -0.4 is 15.5 Å². The Morgan fingerprint density at radius 3 is 2.62 bits per heavy atom. The molecule has 1 aromatic heterocycles. The molecule has 1 saturated heterocycles. The van der Waals surface area contributed by atoms with Crippen LogP contribution in [0.1, 0.15) is 12.5 Å². The molecule has 0 spiro atoms. The predicted octanol–water partition coefficient (Wildman–Crippen LogP) is 5.07. The number of carbonyl (C=O) groups is 2. The highest BCUT2D eigenvalue weighted by molar-refractivity contribution is 7.99. The smallest absolute Gasteiger partial charge is 0.322 e. The average molecular weight is 563 g/mol. The minimum atomic E-state index is -0.323. The van der Waals surface area contributed by atoms with Crippen molar-refractivity contribution in [2.75, 3.05) is 35.6 Å². The van der Waals surface area contributed by atoms with Gasteiger partial charge in [0.15, 0.2) is 5.16 Å². The number of carbonyl (C=O) groups excluding carboxylic acids is 2. The van der Waals surface area contributed by atoms with Crippen LogP contribution in [-0.4, -0.2) is 58.2 Å². The molecule has 4 rings (SSSR count). The van der Waals surface area contributed by atoms with Crippen LogP contribution >= 0.6 is 35.0 Å². The molecule has 8 nitrogen and oxygen atoms in total. The van der Waals surface area contributed by atoms with Crippen molar-refractivity contribution in [2.24, 2.45) is 0 Å². The van der Waals surface area contributed by atoms with E-state index in [1.807, 2.05) is 11.8 Å². The van der Waals surface area contributed by atoms with Gasteiger partial charge in [0.2, 0.25) is 5.91 Å². The van der Waals surface area contributed by atoms with Crippen molar-refractivity contribution in [3.8, 4) is 0 Å². The molecule has 37 heavy (non-hydrogen) atoms. The Kier molecular flexibility index (Phi) is 9.07. The van der Waals surface area contributed by atoms with E-state index < -0.39 is 0 Å². The third kappa shape index (κ3) is 7.70. The molecule has 1 atom stereocenters. The normalized spacial score (nSPS) is 15.4. The molecule has 1 unspecified atom stereocenters. The van der Waals surface area contributed by atoms with Crippen molar-refractivity contribution in [3.05, 3.63) is 76.2 Å². The summed E-state index contributed by atoms with van der Waals surface area (Å²) in [5, 5.41) is 6.88. The number of hydrogen-bond acceptors (Lipinski definition) is 6. The molecule has 3 aromatic rings. The van der Waals surface area contributed by atoms with Gasteiger partial charge in [-0.1, -0.05) is 53.2 Å². The van der Waals surface area contributed by atoms with E-state index >= 15 is 0 Å². The summed E-state index contributed by atoms with van der Waals surface area (Å²) in [7, 11) is 0. The summed E-state index contributed by atoms with van der Waals surface area (Å²) in [4.78, 5) is 37.7. The van der Waals surface area contributed by atoms with Crippen molar-refractivity contribution in [1.29, 1.82) is 0 Å². The van der Waals surface area contributed by atoms with E-state index in [-0.39, 0.29) is 34.7 Å². The Labute approximate surface area is 228 Å². The van der Waals surface area contributed by atoms with Gasteiger partial charge < -0.3 is 20.4 Å². The summed E-state index contributed by atoms with van der Waals surface area (Å²) < 4.78 is 13.0. The molecule has 1 aliphatic rings. The number of aromatic nitrogens is 2. The van der Waals surface area contributed by atoms with E-state index in [9.17, 15) is 14.0 Å². The Balaban J connectivity index is 1.30. The average Bonchev–Trinajstić information content (AvgIpc) is 2.86. The Bertz CT molecular complexity index is 1270. The van der Waals surface area contributed by atoms with Gasteiger partial charge in [-0.2, -0.15) is 0 Å². The van der Waals surface area contributed by atoms with Gasteiger partial charge in [0.1, 0.15) is 16.8 Å². The molecule has 0 radical (unpaired) electrons. The van der Waals surface area contributed by atoms with Crippen LogP contribution in [-0.2, 0) is 11.3 Å². The molecule has 194 valence electrons. The van der Waals surface area contributed by atoms with Crippen molar-refractivity contribution in [1.82, 2.24) is 20.2 Å². The first-order valence-electron chi connectivity index (χ1n) is 11.5. The first-order chi connectivity index (χ1) is 17.8. The molecular formula is C25H25Cl2FN6O2S. The molecule has 1 aliphatic heterocycles. The topological polar surface area (TPSA) is 90.5 Å². The maximum absolute atomic E-state index is 13.0. The molecule has 0 saturated carbocycles. The predicted molar refractivity (Wildman–Crippen MR) is 145 cm³/mol. The number of nitrogens with one attached hydrogen (secondary N) is 2. The number of halogens is 3. The summed E-state index contributed by atoms with van der Waals surface area (Å²) in [5.41, 5.74) is 1.44. The van der Waals surface area contributed by atoms with Crippen LogP contribution in [0.2, 0.25) is 10.2 Å². The highest BCUT2D eigenvalue weighted by atomic mass is 35.5. The lowest BCUT2D eigenvalue weighted by atomic mass is 10.2. The number of amides is 3. The third-order valence-electron chi connectivity index (χ3n) is 5.68. The van der Waals surface area contributed by atoms with E-state index in [1.54, 1.807) is 47.4 Å². The number of piperazine rings is 1.